The van der Waals surface area contributed by atoms with Crippen molar-refractivity contribution in [1.29, 1.82) is 0 Å². The molecule has 0 N–H and O–H groups in total. The van der Waals surface area contributed by atoms with Gasteiger partial charge in [-0.05, 0) is 44.0 Å². The highest BCUT2D eigenvalue weighted by Gasteiger charge is 2.32. The predicted molar refractivity (Wildman–Crippen MR) is 89.2 cm³/mol. The minimum absolute atomic E-state index is 0.0234. The van der Waals surface area contributed by atoms with Gasteiger partial charge < -0.3 is 4.52 Å². The van der Waals surface area contributed by atoms with Crippen LogP contribution in [0.1, 0.15) is 47.4 Å². The Kier molecular flexibility index (Phi) is 4.29. The summed E-state index contributed by atoms with van der Waals surface area (Å²) in [7, 11) is -3.40. The zero-order valence-corrected chi connectivity index (χ0v) is 14.8. The molecule has 23 heavy (non-hydrogen) atoms. The highest BCUT2D eigenvalue weighted by molar-refractivity contribution is 9.11. The van der Waals surface area contributed by atoms with Gasteiger partial charge in [-0.2, -0.15) is 0 Å². The lowest BCUT2D eigenvalue weighted by Crippen LogP contribution is -2.22. The van der Waals surface area contributed by atoms with Gasteiger partial charge in [0.2, 0.25) is 10.0 Å². The lowest BCUT2D eigenvalue weighted by atomic mass is 10.0. The average molecular weight is 399 g/mol. The van der Waals surface area contributed by atoms with Gasteiger partial charge in [-0.15, -0.1) is 0 Å². The van der Waals surface area contributed by atoms with E-state index in [0.717, 1.165) is 16.2 Å². The summed E-state index contributed by atoms with van der Waals surface area (Å²) in [4.78, 5) is 12.6. The van der Waals surface area contributed by atoms with E-state index in [-0.39, 0.29) is 11.5 Å². The number of ketones is 1. The van der Waals surface area contributed by atoms with Gasteiger partial charge in [0, 0.05) is 11.5 Å². The Labute approximate surface area is 142 Å². The molecule has 0 spiro atoms. The van der Waals surface area contributed by atoms with Gasteiger partial charge >= 0.3 is 0 Å². The summed E-state index contributed by atoms with van der Waals surface area (Å²) in [6, 6.07) is 6.36. The highest BCUT2D eigenvalue weighted by atomic mass is 79.9. The second-order valence-corrected chi connectivity index (χ2v) is 8.65. The quantitative estimate of drug-likeness (QED) is 0.550. The maximum Gasteiger partial charge on any atom is 0.244 e. The van der Waals surface area contributed by atoms with E-state index in [1.54, 1.807) is 31.2 Å². The molecule has 0 atom stereocenters. The van der Waals surface area contributed by atoms with Crippen LogP contribution in [0.3, 0.4) is 0 Å². The summed E-state index contributed by atoms with van der Waals surface area (Å²) in [6.45, 7) is 1.56. The summed E-state index contributed by atoms with van der Waals surface area (Å²) < 4.78 is 29.9. The van der Waals surface area contributed by atoms with E-state index in [9.17, 15) is 13.2 Å². The first kappa shape index (κ1) is 16.2. The molecule has 1 aliphatic rings. The number of aromatic nitrogens is 1. The van der Waals surface area contributed by atoms with Crippen LogP contribution in [0.15, 0.2) is 35.0 Å². The third-order valence-corrected chi connectivity index (χ3v) is 6.89. The molecule has 0 amide bonds. The molecule has 122 valence electrons. The van der Waals surface area contributed by atoms with E-state index in [1.165, 1.54) is 6.20 Å². The Morgan fingerprint density at radius 1 is 1.35 bits per heavy atom. The van der Waals surface area contributed by atoms with Crippen molar-refractivity contribution in [2.45, 2.75) is 25.7 Å². The molecule has 0 saturated heterocycles. The maximum absolute atomic E-state index is 12.6. The van der Waals surface area contributed by atoms with Gasteiger partial charge in [0.15, 0.2) is 11.5 Å². The molecule has 1 aromatic heterocycles. The Balaban J connectivity index is 1.84. The second-order valence-electron chi connectivity index (χ2n) is 5.37. The first-order valence-corrected chi connectivity index (χ1v) is 9.54. The van der Waals surface area contributed by atoms with Crippen LogP contribution in [-0.2, 0) is 10.0 Å². The molecule has 2 aromatic rings. The number of hydrogen-bond donors (Lipinski definition) is 0. The third kappa shape index (κ3) is 3.18. The van der Waals surface area contributed by atoms with Crippen molar-refractivity contribution >= 4 is 37.6 Å². The normalized spacial score (nSPS) is 14.7. The number of anilines is 1. The van der Waals surface area contributed by atoms with Crippen molar-refractivity contribution < 1.29 is 17.7 Å². The van der Waals surface area contributed by atoms with Crippen LogP contribution in [0.25, 0.3) is 0 Å². The number of nitrogens with zero attached hydrogens (tertiary/aromatic N) is 2. The maximum atomic E-state index is 12.6. The molecule has 0 unspecified atom stereocenters. The zero-order valence-electron chi connectivity index (χ0n) is 12.4. The monoisotopic (exact) mass is 398 g/mol. The SMILES string of the molecule is CCS(=O)(=O)N(Br)c1ccc(C(=O)c2cnoc2C2CC2)cc1. The van der Waals surface area contributed by atoms with Crippen molar-refractivity contribution in [3.8, 4) is 0 Å². The smallest absolute Gasteiger partial charge is 0.244 e. The molecular formula is C15H15BrN2O4S. The number of rotatable bonds is 6. The fraction of sp³-hybridized carbons (Fsp3) is 0.333. The standard InChI is InChI=1S/C15H15BrN2O4S/c1-2-23(20,21)18(16)12-7-5-10(6-8-12)14(19)13-9-17-22-15(13)11-3-4-11/h5-9,11H,2-4H2,1H3. The first-order valence-electron chi connectivity index (χ1n) is 7.22. The number of carbonyl (C=O) groups excluding carboxylic acids is 1. The molecule has 8 heteroatoms. The molecule has 0 bridgehead atoms. The number of hydrogen-bond acceptors (Lipinski definition) is 5. The molecule has 1 heterocycles. The largest absolute Gasteiger partial charge is 0.360 e. The van der Waals surface area contributed by atoms with Gasteiger partial charge in [0.25, 0.3) is 0 Å². The van der Waals surface area contributed by atoms with Gasteiger partial charge in [0.05, 0.1) is 39.3 Å². The van der Waals surface area contributed by atoms with Crippen LogP contribution in [-0.4, -0.2) is 25.1 Å². The van der Waals surface area contributed by atoms with E-state index in [1.807, 2.05) is 0 Å². The van der Waals surface area contributed by atoms with Gasteiger partial charge in [-0.25, -0.2) is 11.7 Å². The van der Waals surface area contributed by atoms with Crippen molar-refractivity contribution in [3.63, 3.8) is 0 Å². The Morgan fingerprint density at radius 2 is 2.00 bits per heavy atom. The van der Waals surface area contributed by atoms with Gasteiger partial charge in [-0.1, -0.05) is 5.16 Å². The molecule has 0 aliphatic heterocycles. The van der Waals surface area contributed by atoms with Crippen molar-refractivity contribution in [2.24, 2.45) is 0 Å². The predicted octanol–water partition coefficient (Wildman–Crippen LogP) is 3.25. The summed E-state index contributed by atoms with van der Waals surface area (Å²) in [5.74, 6) is 0.752. The molecule has 0 radical (unpaired) electrons. The van der Waals surface area contributed by atoms with Crippen molar-refractivity contribution in [1.82, 2.24) is 5.16 Å². The Bertz CT molecular complexity index is 825. The summed E-state index contributed by atoms with van der Waals surface area (Å²) in [5, 5.41) is 3.73. The van der Waals surface area contributed by atoms with E-state index in [0.29, 0.717) is 28.5 Å². The minimum Gasteiger partial charge on any atom is -0.360 e. The molecule has 1 fully saturated rings. The molecule has 6 nitrogen and oxygen atoms in total. The molecule has 3 rings (SSSR count). The van der Waals surface area contributed by atoms with Crippen LogP contribution in [0.5, 0.6) is 0 Å². The van der Waals surface area contributed by atoms with Crippen molar-refractivity contribution in [3.05, 3.63) is 47.3 Å². The molecule has 1 saturated carbocycles. The zero-order chi connectivity index (χ0) is 16.6. The van der Waals surface area contributed by atoms with E-state index in [4.69, 9.17) is 4.52 Å². The number of benzene rings is 1. The van der Waals surface area contributed by atoms with Crippen LogP contribution in [0, 0.1) is 0 Å². The van der Waals surface area contributed by atoms with E-state index >= 15 is 0 Å². The fourth-order valence-electron chi connectivity index (χ4n) is 2.22. The number of halogens is 1. The van der Waals surface area contributed by atoms with Crippen LogP contribution >= 0.6 is 16.1 Å². The van der Waals surface area contributed by atoms with E-state index < -0.39 is 10.0 Å². The first-order chi connectivity index (χ1) is 10.9. The van der Waals surface area contributed by atoms with Crippen LogP contribution < -0.4 is 3.33 Å². The Hall–Kier alpha value is -1.67. The van der Waals surface area contributed by atoms with Crippen LogP contribution in [0.2, 0.25) is 0 Å². The summed E-state index contributed by atoms with van der Waals surface area (Å²) in [5.41, 5.74) is 1.39. The highest BCUT2D eigenvalue weighted by Crippen LogP contribution is 2.42. The molecule has 1 aliphatic carbocycles. The molecular weight excluding hydrogens is 384 g/mol. The minimum atomic E-state index is -3.40. The number of carbonyl (C=O) groups is 1. The lowest BCUT2D eigenvalue weighted by molar-refractivity contribution is 0.103. The summed E-state index contributed by atoms with van der Waals surface area (Å²) in [6.07, 6.45) is 3.48. The number of sulfonamides is 1. The topological polar surface area (TPSA) is 80.5 Å². The molecule has 1 aromatic carbocycles. The fourth-order valence-corrected chi connectivity index (χ4v) is 3.74. The summed E-state index contributed by atoms with van der Waals surface area (Å²) >= 11 is 3.04. The van der Waals surface area contributed by atoms with Gasteiger partial charge in [-0.3, -0.25) is 4.79 Å². The van der Waals surface area contributed by atoms with Crippen LogP contribution in [0.4, 0.5) is 5.69 Å². The lowest BCUT2D eigenvalue weighted by Gasteiger charge is -2.15. The Morgan fingerprint density at radius 3 is 2.57 bits per heavy atom. The average Bonchev–Trinajstić information content (AvgIpc) is 3.30. The van der Waals surface area contributed by atoms with Gasteiger partial charge in [0.1, 0.15) is 0 Å². The third-order valence-electron chi connectivity index (χ3n) is 3.73. The van der Waals surface area contributed by atoms with E-state index in [2.05, 4.69) is 21.3 Å². The second kappa shape index (κ2) is 6.09. The van der Waals surface area contributed by atoms with Crippen molar-refractivity contribution in [2.75, 3.05) is 9.08 Å².